The summed E-state index contributed by atoms with van der Waals surface area (Å²) in [7, 11) is 0. The number of hydrogen-bond donors (Lipinski definition) is 3. The predicted molar refractivity (Wildman–Crippen MR) is 278 cm³/mol. The van der Waals surface area contributed by atoms with Gasteiger partial charge in [-0.05, 0) is 82.2 Å². The van der Waals surface area contributed by atoms with Gasteiger partial charge in [0.25, 0.3) is 0 Å². The number of rotatable bonds is 15. The van der Waals surface area contributed by atoms with Gasteiger partial charge in [-0.15, -0.1) is 5.10 Å². The molecule has 3 aromatic heterocycles. The van der Waals surface area contributed by atoms with E-state index in [2.05, 4.69) is 245 Å². The van der Waals surface area contributed by atoms with E-state index in [0.29, 0.717) is 35.5 Å². The molecule has 3 heterocycles. The van der Waals surface area contributed by atoms with Crippen molar-refractivity contribution in [2.45, 2.75) is 48.7 Å². The Morgan fingerprint density at radius 1 is 0.580 bits per heavy atom. The summed E-state index contributed by atoms with van der Waals surface area (Å²) >= 11 is 0. The Morgan fingerprint density at radius 2 is 1.04 bits per heavy atom. The number of benzene rings is 7. The molecule has 8 nitrogen and oxygen atoms in total. The molecule has 0 spiro atoms. The Morgan fingerprint density at radius 3 is 1.51 bits per heavy atom. The number of nitrogens with zero attached hydrogens (tertiary/aromatic N) is 5. The molecule has 7 aromatic carbocycles. The third-order valence-electron chi connectivity index (χ3n) is 14.0. The molecule has 338 valence electrons. The molecule has 1 aliphatic carbocycles. The smallest absolute Gasteiger partial charge is 0.182 e. The zero-order valence-electron chi connectivity index (χ0n) is 38.4. The van der Waals surface area contributed by atoms with Crippen LogP contribution in [0.4, 0.5) is 5.82 Å². The van der Waals surface area contributed by atoms with Crippen molar-refractivity contribution in [3.05, 3.63) is 287 Å². The Balaban J connectivity index is 1.13. The molecule has 3 N–H and O–H groups in total. The first kappa shape index (κ1) is 43.4. The maximum atomic E-state index is 5.71. The number of hydrogen-bond acceptors (Lipinski definition) is 6. The fourth-order valence-corrected chi connectivity index (χ4v) is 10.7. The maximum absolute atomic E-state index is 5.71. The average molecular weight is 899 g/mol. The fourth-order valence-electron chi connectivity index (χ4n) is 10.7. The quantitative estimate of drug-likeness (QED) is 0.0887. The molecule has 8 heteroatoms. The summed E-state index contributed by atoms with van der Waals surface area (Å²) in [5.74, 6) is 1.26. The molecule has 10 aromatic rings. The second-order valence-corrected chi connectivity index (χ2v) is 18.0. The van der Waals surface area contributed by atoms with Crippen LogP contribution in [0.15, 0.2) is 237 Å². The molecule has 11 rings (SSSR count). The van der Waals surface area contributed by atoms with Crippen molar-refractivity contribution in [2.75, 3.05) is 11.9 Å². The summed E-state index contributed by atoms with van der Waals surface area (Å²) < 4.78 is 2.04. The molecule has 1 aliphatic rings. The number of H-pyrrole nitrogens is 1. The standard InChI is InChI=1S/C61H54N8/c1-8-22-45(23-9-1)46-36-38-54(39-37-46)62-41-40-55(47-43-63-64-44-47)56-42-57(66-60(48-24-10-2-11-25-48,49-26-12-3-13-27-49)50-28-14-4-15-29-50)65-59-58(56)67-68-69(59)61(51-30-16-5-17-31-51,52-32-18-6-19-33-52)53-34-20-7-21-35-53/h1-35,40,42-44,46,54,62H,36-39,41H2,(H,63,64)(H,65,66)/b55-40+/t46-,54-. The largest absolute Gasteiger partial charge is 0.353 e. The third kappa shape index (κ3) is 8.34. The van der Waals surface area contributed by atoms with Gasteiger partial charge in [-0.1, -0.05) is 224 Å². The van der Waals surface area contributed by atoms with Gasteiger partial charge < -0.3 is 10.6 Å². The second-order valence-electron chi connectivity index (χ2n) is 18.0. The van der Waals surface area contributed by atoms with Crippen LogP contribution < -0.4 is 10.6 Å². The fraction of sp³-hybridized carbons (Fsp3) is 0.148. The van der Waals surface area contributed by atoms with E-state index in [9.17, 15) is 0 Å². The summed E-state index contributed by atoms with van der Waals surface area (Å²) in [5, 5.41) is 26.1. The molecule has 1 fully saturated rings. The molecule has 0 unspecified atom stereocenters. The Labute approximate surface area is 403 Å². The summed E-state index contributed by atoms with van der Waals surface area (Å²) in [5.41, 5.74) is 10.0. The highest BCUT2D eigenvalue weighted by Gasteiger charge is 2.43. The second kappa shape index (κ2) is 19.6. The van der Waals surface area contributed by atoms with E-state index in [0.717, 1.165) is 62.9 Å². The van der Waals surface area contributed by atoms with Gasteiger partial charge in [0.15, 0.2) is 5.65 Å². The summed E-state index contributed by atoms with van der Waals surface area (Å²) in [6.07, 6.45) is 10.7. The van der Waals surface area contributed by atoms with Gasteiger partial charge in [0.1, 0.15) is 22.4 Å². The Kier molecular flexibility index (Phi) is 12.3. The molecule has 69 heavy (non-hydrogen) atoms. The van der Waals surface area contributed by atoms with E-state index in [4.69, 9.17) is 15.3 Å². The SMILES string of the molecule is C(/CN[C@H]1CC[C@H](c2ccccc2)CC1)=C(/c1cn[nH]c1)c1cc(NC(c2ccccc2)(c2ccccc2)c2ccccc2)nc2c1nnn2C(c1ccccc1)(c1ccccc1)c1ccccc1. The van der Waals surface area contributed by atoms with Crippen LogP contribution in [0.3, 0.4) is 0 Å². The third-order valence-corrected chi connectivity index (χ3v) is 14.0. The monoisotopic (exact) mass is 898 g/mol. The van der Waals surface area contributed by atoms with Crippen molar-refractivity contribution in [2.24, 2.45) is 0 Å². The first-order valence-corrected chi connectivity index (χ1v) is 24.1. The maximum Gasteiger partial charge on any atom is 0.182 e. The van der Waals surface area contributed by atoms with Gasteiger partial charge in [-0.3, -0.25) is 5.10 Å². The molecule has 0 aliphatic heterocycles. The van der Waals surface area contributed by atoms with E-state index >= 15 is 0 Å². The highest BCUT2D eigenvalue weighted by Crippen LogP contribution is 2.45. The van der Waals surface area contributed by atoms with Crippen molar-refractivity contribution in [3.63, 3.8) is 0 Å². The van der Waals surface area contributed by atoms with E-state index in [1.54, 1.807) is 0 Å². The van der Waals surface area contributed by atoms with E-state index in [-0.39, 0.29) is 0 Å². The summed E-state index contributed by atoms with van der Waals surface area (Å²) in [6.45, 7) is 0.659. The normalized spacial score (nSPS) is 15.5. The Bertz CT molecular complexity index is 3030. The number of pyridine rings is 1. The Hall–Kier alpha value is -8.20. The van der Waals surface area contributed by atoms with E-state index in [1.807, 2.05) is 17.1 Å². The topological polar surface area (TPSA) is 96.3 Å². The minimum Gasteiger partial charge on any atom is -0.353 e. The lowest BCUT2D eigenvalue weighted by Gasteiger charge is -2.38. The minimum absolute atomic E-state index is 0.411. The van der Waals surface area contributed by atoms with Gasteiger partial charge in [-0.2, -0.15) is 5.10 Å². The van der Waals surface area contributed by atoms with Crippen LogP contribution in [0, 0.1) is 0 Å². The van der Waals surface area contributed by atoms with Crippen molar-refractivity contribution in [1.82, 2.24) is 35.5 Å². The average Bonchev–Trinajstić information content (AvgIpc) is 4.13. The van der Waals surface area contributed by atoms with Crippen molar-refractivity contribution < 1.29 is 0 Å². The van der Waals surface area contributed by atoms with Crippen molar-refractivity contribution >= 4 is 22.6 Å². The molecule has 1 saturated carbocycles. The number of nitrogens with one attached hydrogen (secondary N) is 3. The summed E-state index contributed by atoms with van der Waals surface area (Å²) in [6, 6.07) is 77.3. The van der Waals surface area contributed by atoms with Crippen LogP contribution in [-0.4, -0.2) is 42.8 Å². The molecule has 0 saturated heterocycles. The first-order valence-electron chi connectivity index (χ1n) is 24.1. The zero-order chi connectivity index (χ0) is 46.3. The van der Waals surface area contributed by atoms with Crippen LogP contribution in [0.1, 0.15) is 81.7 Å². The lowest BCUT2D eigenvalue weighted by molar-refractivity contribution is 0.351. The molecular formula is C61H54N8. The van der Waals surface area contributed by atoms with Crippen molar-refractivity contribution in [3.8, 4) is 0 Å². The van der Waals surface area contributed by atoms with Crippen LogP contribution in [0.5, 0.6) is 0 Å². The van der Waals surface area contributed by atoms with E-state index in [1.165, 1.54) is 18.4 Å². The van der Waals surface area contributed by atoms with Crippen LogP contribution in [0.25, 0.3) is 16.7 Å². The van der Waals surface area contributed by atoms with Gasteiger partial charge >= 0.3 is 0 Å². The van der Waals surface area contributed by atoms with Crippen molar-refractivity contribution in [1.29, 1.82) is 0 Å². The number of anilines is 1. The predicted octanol–water partition coefficient (Wildman–Crippen LogP) is 12.5. The van der Waals surface area contributed by atoms with Crippen LogP contribution >= 0.6 is 0 Å². The molecule has 0 amide bonds. The summed E-state index contributed by atoms with van der Waals surface area (Å²) in [4.78, 5) is 5.71. The highest BCUT2D eigenvalue weighted by atomic mass is 15.5. The lowest BCUT2D eigenvalue weighted by atomic mass is 9.77. The molecule has 0 bridgehead atoms. The van der Waals surface area contributed by atoms with Gasteiger partial charge in [-0.25, -0.2) is 9.67 Å². The lowest BCUT2D eigenvalue weighted by Crippen LogP contribution is -2.39. The van der Waals surface area contributed by atoms with Crippen LogP contribution in [-0.2, 0) is 11.1 Å². The molecular weight excluding hydrogens is 845 g/mol. The van der Waals surface area contributed by atoms with Gasteiger partial charge in [0.2, 0.25) is 0 Å². The van der Waals surface area contributed by atoms with E-state index < -0.39 is 11.1 Å². The highest BCUT2D eigenvalue weighted by molar-refractivity contribution is 5.94. The van der Waals surface area contributed by atoms with Gasteiger partial charge in [0.05, 0.1) is 6.20 Å². The number of aromatic nitrogens is 6. The zero-order valence-corrected chi connectivity index (χ0v) is 38.4. The minimum atomic E-state index is -0.976. The molecule has 0 atom stereocenters. The van der Waals surface area contributed by atoms with Gasteiger partial charge in [0, 0.05) is 29.9 Å². The molecule has 0 radical (unpaired) electrons. The number of aromatic amines is 1. The first-order chi connectivity index (χ1) is 34.2. The number of fused-ring (bicyclic) bond motifs is 1. The van der Waals surface area contributed by atoms with Crippen LogP contribution in [0.2, 0.25) is 0 Å².